The number of carbonyl (C=O) groups is 2. The molecule has 1 atom stereocenters. The van der Waals surface area contributed by atoms with Gasteiger partial charge in [-0.25, -0.2) is 8.78 Å². The van der Waals surface area contributed by atoms with Crippen molar-refractivity contribution in [3.05, 3.63) is 89.0 Å². The van der Waals surface area contributed by atoms with E-state index in [-0.39, 0.29) is 29.9 Å². The molecule has 0 aliphatic carbocycles. The van der Waals surface area contributed by atoms with Crippen LogP contribution in [0.25, 0.3) is 0 Å². The molecule has 3 aromatic rings. The van der Waals surface area contributed by atoms with Crippen LogP contribution in [0.15, 0.2) is 66.7 Å². The number of carbonyl (C=O) groups excluding carboxylic acids is 2. The van der Waals surface area contributed by atoms with Gasteiger partial charge < -0.3 is 10.1 Å². The largest absolute Gasteiger partial charge is 0.484 e. The normalized spacial score (nSPS) is 15.7. The van der Waals surface area contributed by atoms with Crippen LogP contribution in [0, 0.1) is 11.6 Å². The summed E-state index contributed by atoms with van der Waals surface area (Å²) in [7, 11) is 0. The number of nitrogens with zero attached hydrogens (tertiary/aromatic N) is 1. The molecule has 0 unspecified atom stereocenters. The molecule has 3 aromatic carbocycles. The average Bonchev–Trinajstić information content (AvgIpc) is 3.15. The van der Waals surface area contributed by atoms with Gasteiger partial charge in [0.25, 0.3) is 5.91 Å². The summed E-state index contributed by atoms with van der Waals surface area (Å²) in [6.45, 7) is -0.199. The zero-order chi connectivity index (χ0) is 22.7. The van der Waals surface area contributed by atoms with Crippen molar-refractivity contribution in [3.63, 3.8) is 0 Å². The number of halogens is 3. The lowest BCUT2D eigenvalue weighted by atomic mass is 10.1. The Balaban J connectivity index is 1.47. The minimum atomic E-state index is -0.811. The van der Waals surface area contributed by atoms with Gasteiger partial charge in [-0.2, -0.15) is 0 Å². The summed E-state index contributed by atoms with van der Waals surface area (Å²) < 4.78 is 33.1. The molecule has 0 radical (unpaired) electrons. The minimum absolute atomic E-state index is 0.0113. The predicted molar refractivity (Wildman–Crippen MR) is 121 cm³/mol. The van der Waals surface area contributed by atoms with Crippen LogP contribution in [0.2, 0.25) is 5.02 Å². The molecule has 32 heavy (non-hydrogen) atoms. The molecule has 9 heteroatoms. The number of rotatable bonds is 6. The molecule has 0 saturated carbocycles. The molecule has 2 amide bonds. The quantitative estimate of drug-likeness (QED) is 0.518. The van der Waals surface area contributed by atoms with Crippen LogP contribution in [-0.4, -0.2) is 24.2 Å². The molecule has 1 aliphatic rings. The molecule has 1 saturated heterocycles. The van der Waals surface area contributed by atoms with Crippen LogP contribution in [0.4, 0.5) is 20.2 Å². The Bertz CT molecular complexity index is 1160. The molecule has 0 bridgehead atoms. The maximum absolute atomic E-state index is 14.3. The number of hydrogen-bond acceptors (Lipinski definition) is 4. The Hall–Kier alpha value is -3.10. The SMILES string of the molecule is O=C(COc1ccc(Cl)cc1)Nc1cccc([C@@H]2SCC(=O)N2c2ccc(F)cc2F)c1. The molecule has 0 aromatic heterocycles. The maximum Gasteiger partial charge on any atom is 0.262 e. The highest BCUT2D eigenvalue weighted by Crippen LogP contribution is 2.43. The van der Waals surface area contributed by atoms with Crippen LogP contribution in [0.1, 0.15) is 10.9 Å². The number of nitrogens with one attached hydrogen (secondary N) is 1. The number of amides is 2. The topological polar surface area (TPSA) is 58.6 Å². The summed E-state index contributed by atoms with van der Waals surface area (Å²) in [6.07, 6.45) is 0. The Morgan fingerprint density at radius 3 is 2.66 bits per heavy atom. The zero-order valence-corrected chi connectivity index (χ0v) is 18.1. The van der Waals surface area contributed by atoms with Crippen molar-refractivity contribution in [1.82, 2.24) is 0 Å². The molecule has 164 valence electrons. The van der Waals surface area contributed by atoms with Crippen LogP contribution in [0.5, 0.6) is 5.75 Å². The first-order chi connectivity index (χ1) is 15.4. The van der Waals surface area contributed by atoms with Crippen molar-refractivity contribution in [2.75, 3.05) is 22.6 Å². The maximum atomic E-state index is 14.3. The standard InChI is InChI=1S/C23H17ClF2N2O3S/c24-15-4-7-18(8-5-15)31-12-21(29)27-17-3-1-2-14(10-17)23-28(22(30)13-32-23)20-9-6-16(25)11-19(20)26/h1-11,23H,12-13H2,(H,27,29)/t23-/m0/s1. The first-order valence-corrected chi connectivity index (χ1v) is 11.0. The van der Waals surface area contributed by atoms with Crippen molar-refractivity contribution in [2.45, 2.75) is 5.37 Å². The number of hydrogen-bond donors (Lipinski definition) is 1. The zero-order valence-electron chi connectivity index (χ0n) is 16.6. The lowest BCUT2D eigenvalue weighted by Crippen LogP contribution is -2.28. The third-order valence-electron chi connectivity index (χ3n) is 4.68. The Morgan fingerprint density at radius 2 is 1.91 bits per heavy atom. The van der Waals surface area contributed by atoms with Gasteiger partial charge in [-0.05, 0) is 54.1 Å². The summed E-state index contributed by atoms with van der Waals surface area (Å²) in [6, 6.07) is 16.7. The summed E-state index contributed by atoms with van der Waals surface area (Å²) in [5, 5.41) is 2.80. The number of anilines is 2. The Labute approximate surface area is 192 Å². The summed E-state index contributed by atoms with van der Waals surface area (Å²) in [4.78, 5) is 26.0. The van der Waals surface area contributed by atoms with Crippen LogP contribution < -0.4 is 15.0 Å². The summed E-state index contributed by atoms with van der Waals surface area (Å²) in [5.74, 6) is -1.50. The monoisotopic (exact) mass is 474 g/mol. The van der Waals surface area contributed by atoms with Gasteiger partial charge in [0, 0.05) is 16.8 Å². The minimum Gasteiger partial charge on any atom is -0.484 e. The Kier molecular flexibility index (Phi) is 6.62. The average molecular weight is 475 g/mol. The fourth-order valence-electron chi connectivity index (χ4n) is 3.25. The van der Waals surface area contributed by atoms with Crippen molar-refractivity contribution >= 4 is 46.6 Å². The highest BCUT2D eigenvalue weighted by Gasteiger charge is 2.35. The van der Waals surface area contributed by atoms with Crippen molar-refractivity contribution in [3.8, 4) is 5.75 Å². The number of ether oxygens (including phenoxy) is 1. The molecular formula is C23H17ClF2N2O3S. The van der Waals surface area contributed by atoms with Gasteiger partial charge in [0.2, 0.25) is 5.91 Å². The highest BCUT2D eigenvalue weighted by atomic mass is 35.5. The predicted octanol–water partition coefficient (Wildman–Crippen LogP) is 5.41. The molecule has 1 fully saturated rings. The molecule has 1 aliphatic heterocycles. The second kappa shape index (κ2) is 9.58. The van der Waals surface area contributed by atoms with Gasteiger partial charge in [-0.1, -0.05) is 23.7 Å². The van der Waals surface area contributed by atoms with E-state index in [1.807, 2.05) is 0 Å². The van der Waals surface area contributed by atoms with Crippen molar-refractivity contribution in [1.29, 1.82) is 0 Å². The fourth-order valence-corrected chi connectivity index (χ4v) is 4.54. The molecule has 5 nitrogen and oxygen atoms in total. The van der Waals surface area contributed by atoms with Gasteiger partial charge in [-0.15, -0.1) is 11.8 Å². The first-order valence-electron chi connectivity index (χ1n) is 9.57. The van der Waals surface area contributed by atoms with E-state index in [0.29, 0.717) is 22.0 Å². The van der Waals surface area contributed by atoms with E-state index < -0.39 is 17.0 Å². The van der Waals surface area contributed by atoms with Crippen molar-refractivity contribution in [2.24, 2.45) is 0 Å². The highest BCUT2D eigenvalue weighted by molar-refractivity contribution is 8.00. The van der Waals surface area contributed by atoms with Crippen molar-refractivity contribution < 1.29 is 23.1 Å². The van der Waals surface area contributed by atoms with E-state index in [1.54, 1.807) is 48.5 Å². The second-order valence-corrected chi connectivity index (χ2v) is 8.44. The van der Waals surface area contributed by atoms with E-state index in [2.05, 4.69) is 5.32 Å². The van der Waals surface area contributed by atoms with Gasteiger partial charge in [0.1, 0.15) is 22.8 Å². The number of thioether (sulfide) groups is 1. The third-order valence-corrected chi connectivity index (χ3v) is 6.14. The van der Waals surface area contributed by atoms with Gasteiger partial charge in [-0.3, -0.25) is 14.5 Å². The second-order valence-electron chi connectivity index (χ2n) is 6.94. The van der Waals surface area contributed by atoms with Crippen LogP contribution in [-0.2, 0) is 9.59 Å². The van der Waals surface area contributed by atoms with Gasteiger partial charge >= 0.3 is 0 Å². The summed E-state index contributed by atoms with van der Waals surface area (Å²) >= 11 is 7.15. The molecular weight excluding hydrogens is 458 g/mol. The molecule has 4 rings (SSSR count). The van der Waals surface area contributed by atoms with E-state index in [1.165, 1.54) is 22.7 Å². The van der Waals surface area contributed by atoms with E-state index in [0.717, 1.165) is 12.1 Å². The third kappa shape index (κ3) is 5.03. The lowest BCUT2D eigenvalue weighted by molar-refractivity contribution is -0.118. The Morgan fingerprint density at radius 1 is 1.12 bits per heavy atom. The summed E-state index contributed by atoms with van der Waals surface area (Å²) in [5.41, 5.74) is 1.21. The molecule has 0 spiro atoms. The molecule has 1 N–H and O–H groups in total. The smallest absolute Gasteiger partial charge is 0.262 e. The fraction of sp³-hybridized carbons (Fsp3) is 0.130. The van der Waals surface area contributed by atoms with Crippen LogP contribution >= 0.6 is 23.4 Å². The van der Waals surface area contributed by atoms with E-state index in [9.17, 15) is 18.4 Å². The van der Waals surface area contributed by atoms with Gasteiger partial charge in [0.15, 0.2) is 6.61 Å². The first kappa shape index (κ1) is 22.1. The molecule has 1 heterocycles. The van der Waals surface area contributed by atoms with Crippen LogP contribution in [0.3, 0.4) is 0 Å². The van der Waals surface area contributed by atoms with E-state index >= 15 is 0 Å². The number of benzene rings is 3. The van der Waals surface area contributed by atoms with E-state index in [4.69, 9.17) is 16.3 Å². The van der Waals surface area contributed by atoms with Gasteiger partial charge in [0.05, 0.1) is 11.4 Å². The lowest BCUT2D eigenvalue weighted by Gasteiger charge is -2.25.